The largest absolute Gasteiger partial charge is 0.285 e. The molecular weight excluding hydrogens is 335 g/mol. The van der Waals surface area contributed by atoms with Gasteiger partial charge in [-0.25, -0.2) is 9.07 Å². The van der Waals surface area contributed by atoms with Crippen molar-refractivity contribution in [2.75, 3.05) is 0 Å². The molecular formula is C20H27FN2OS. The fraction of sp³-hybridized carbons (Fsp3) is 0.500. The minimum Gasteiger partial charge on any atom is -0.285 e. The van der Waals surface area contributed by atoms with Gasteiger partial charge in [0.2, 0.25) is 0 Å². The molecule has 0 spiro atoms. The number of rotatable bonds is 3. The molecule has 0 aliphatic rings. The van der Waals surface area contributed by atoms with Crippen LogP contribution in [0.2, 0.25) is 0 Å². The van der Waals surface area contributed by atoms with Crippen LogP contribution in [0, 0.1) is 4.64 Å². The third-order valence-corrected chi connectivity index (χ3v) is 4.66. The van der Waals surface area contributed by atoms with E-state index in [4.69, 9.17) is 12.2 Å². The Morgan fingerprint density at radius 3 is 2.04 bits per heavy atom. The van der Waals surface area contributed by atoms with Gasteiger partial charge < -0.3 is 0 Å². The van der Waals surface area contributed by atoms with E-state index in [-0.39, 0.29) is 16.5 Å². The van der Waals surface area contributed by atoms with Gasteiger partial charge in [0.05, 0.1) is 11.1 Å². The maximum atomic E-state index is 13.6. The number of alkyl halides is 1. The van der Waals surface area contributed by atoms with Gasteiger partial charge in [-0.05, 0) is 37.3 Å². The van der Waals surface area contributed by atoms with E-state index in [0.29, 0.717) is 16.6 Å². The van der Waals surface area contributed by atoms with Gasteiger partial charge in [-0.15, -0.1) is 0 Å². The average Bonchev–Trinajstić information content (AvgIpc) is 2.49. The smallest absolute Gasteiger partial charge is 0.271 e. The fourth-order valence-corrected chi connectivity index (χ4v) is 3.03. The van der Waals surface area contributed by atoms with Crippen molar-refractivity contribution in [3.63, 3.8) is 0 Å². The quantitative estimate of drug-likeness (QED) is 0.779. The first kappa shape index (κ1) is 19.6. The van der Waals surface area contributed by atoms with Crippen molar-refractivity contribution >= 4 is 12.2 Å². The summed E-state index contributed by atoms with van der Waals surface area (Å²) in [6, 6.07) is 8.19. The lowest BCUT2D eigenvalue weighted by atomic mass is 9.86. The summed E-state index contributed by atoms with van der Waals surface area (Å²) < 4.78 is 15.5. The van der Waals surface area contributed by atoms with Crippen molar-refractivity contribution in [1.29, 1.82) is 0 Å². The standard InChI is InChI=1S/C20H27FN2OS/c1-19(2,3)14-9-7-13(8-10-14)11-15-16(12-21)18(24)23(20(4,5)6)22-17(15)25/h7-10H,11-12H2,1-6H3,(H,22,25). The zero-order chi connectivity index (χ0) is 19.0. The highest BCUT2D eigenvalue weighted by atomic mass is 32.1. The minimum absolute atomic E-state index is 0.0762. The zero-order valence-electron chi connectivity index (χ0n) is 15.9. The monoisotopic (exact) mass is 362 g/mol. The van der Waals surface area contributed by atoms with Crippen molar-refractivity contribution < 1.29 is 4.39 Å². The Morgan fingerprint density at radius 2 is 1.60 bits per heavy atom. The lowest BCUT2D eigenvalue weighted by Gasteiger charge is -2.23. The van der Waals surface area contributed by atoms with Gasteiger partial charge in [0.1, 0.15) is 11.3 Å². The molecule has 136 valence electrons. The number of hydrogen-bond donors (Lipinski definition) is 1. The molecule has 2 aromatic rings. The molecule has 2 rings (SSSR count). The van der Waals surface area contributed by atoms with Gasteiger partial charge >= 0.3 is 0 Å². The van der Waals surface area contributed by atoms with Crippen LogP contribution >= 0.6 is 12.2 Å². The summed E-state index contributed by atoms with van der Waals surface area (Å²) >= 11 is 5.42. The van der Waals surface area contributed by atoms with Crippen LogP contribution in [0.5, 0.6) is 0 Å². The average molecular weight is 363 g/mol. The molecule has 1 N–H and O–H groups in total. The molecule has 1 aromatic carbocycles. The van der Waals surface area contributed by atoms with Crippen molar-refractivity contribution in [1.82, 2.24) is 9.78 Å². The second-order valence-electron chi connectivity index (χ2n) is 8.47. The second-order valence-corrected chi connectivity index (χ2v) is 8.87. The Bertz CT molecular complexity index is 865. The maximum absolute atomic E-state index is 13.6. The van der Waals surface area contributed by atoms with E-state index in [1.807, 2.05) is 32.9 Å². The predicted molar refractivity (Wildman–Crippen MR) is 104 cm³/mol. The molecule has 0 amide bonds. The number of nitrogens with one attached hydrogen (secondary N) is 1. The molecule has 0 fully saturated rings. The topological polar surface area (TPSA) is 37.8 Å². The molecule has 0 saturated heterocycles. The summed E-state index contributed by atoms with van der Waals surface area (Å²) in [5.41, 5.74) is 2.22. The van der Waals surface area contributed by atoms with Crippen molar-refractivity contribution in [3.8, 4) is 0 Å². The van der Waals surface area contributed by atoms with Crippen LogP contribution < -0.4 is 5.56 Å². The molecule has 0 aliphatic heterocycles. The summed E-state index contributed by atoms with van der Waals surface area (Å²) in [5, 5.41) is 2.97. The Kier molecular flexibility index (Phi) is 5.38. The molecule has 0 saturated carbocycles. The molecule has 5 heteroatoms. The first-order valence-corrected chi connectivity index (χ1v) is 8.89. The Morgan fingerprint density at radius 1 is 1.04 bits per heavy atom. The van der Waals surface area contributed by atoms with Crippen molar-refractivity contribution in [2.24, 2.45) is 0 Å². The first-order valence-electron chi connectivity index (χ1n) is 8.48. The van der Waals surface area contributed by atoms with Crippen LogP contribution in [0.4, 0.5) is 4.39 Å². The van der Waals surface area contributed by atoms with Crippen LogP contribution in [0.15, 0.2) is 29.1 Å². The minimum atomic E-state index is -0.817. The number of aromatic nitrogens is 2. The lowest BCUT2D eigenvalue weighted by molar-refractivity contribution is 0.329. The van der Waals surface area contributed by atoms with E-state index in [1.165, 1.54) is 10.2 Å². The third kappa shape index (κ3) is 4.27. The second kappa shape index (κ2) is 6.87. The van der Waals surface area contributed by atoms with Gasteiger partial charge in [-0.1, -0.05) is 57.3 Å². The predicted octanol–water partition coefficient (Wildman–Crippen LogP) is 5.02. The van der Waals surface area contributed by atoms with Gasteiger partial charge in [0.15, 0.2) is 0 Å². The summed E-state index contributed by atoms with van der Waals surface area (Å²) in [6.45, 7) is 11.3. The van der Waals surface area contributed by atoms with Crippen LogP contribution in [0.1, 0.15) is 63.8 Å². The summed E-state index contributed by atoms with van der Waals surface area (Å²) in [5.74, 6) is 0. The Labute approximate surface area is 153 Å². The first-order chi connectivity index (χ1) is 11.4. The van der Waals surface area contributed by atoms with Crippen LogP contribution in [0.3, 0.4) is 0 Å². The normalized spacial score (nSPS) is 12.4. The molecule has 3 nitrogen and oxygen atoms in total. The summed E-state index contributed by atoms with van der Waals surface area (Å²) in [6.07, 6.45) is 0.444. The number of H-pyrrole nitrogens is 1. The maximum Gasteiger partial charge on any atom is 0.271 e. The molecule has 1 heterocycles. The molecule has 0 aliphatic carbocycles. The number of hydrogen-bond acceptors (Lipinski definition) is 2. The molecule has 0 atom stereocenters. The van der Waals surface area contributed by atoms with Crippen LogP contribution in [0.25, 0.3) is 0 Å². The van der Waals surface area contributed by atoms with Crippen LogP contribution in [-0.4, -0.2) is 9.78 Å². The number of halogens is 1. The van der Waals surface area contributed by atoms with Gasteiger partial charge in [-0.3, -0.25) is 9.89 Å². The Balaban J connectivity index is 2.49. The van der Waals surface area contributed by atoms with Crippen molar-refractivity contribution in [2.45, 2.75) is 65.6 Å². The fourth-order valence-electron chi connectivity index (χ4n) is 2.74. The van der Waals surface area contributed by atoms with Gasteiger partial charge in [-0.2, -0.15) is 0 Å². The van der Waals surface area contributed by atoms with E-state index in [0.717, 1.165) is 5.56 Å². The zero-order valence-corrected chi connectivity index (χ0v) is 16.7. The number of aromatic amines is 1. The SMILES string of the molecule is CC(C)(C)c1ccc(Cc2c(CF)c(=O)n(C(C)(C)C)[nH]c2=S)cc1. The van der Waals surface area contributed by atoms with E-state index in [2.05, 4.69) is 38.0 Å². The summed E-state index contributed by atoms with van der Waals surface area (Å²) in [7, 11) is 0. The number of nitrogens with zero attached hydrogens (tertiary/aromatic N) is 1. The number of benzene rings is 1. The molecule has 25 heavy (non-hydrogen) atoms. The van der Waals surface area contributed by atoms with Crippen molar-refractivity contribution in [3.05, 3.63) is 61.5 Å². The Hall–Kier alpha value is -1.75. The highest BCUT2D eigenvalue weighted by molar-refractivity contribution is 7.71. The molecule has 0 bridgehead atoms. The highest BCUT2D eigenvalue weighted by Gasteiger charge is 2.21. The third-order valence-electron chi connectivity index (χ3n) is 4.32. The summed E-state index contributed by atoms with van der Waals surface area (Å²) in [4.78, 5) is 12.6. The van der Waals surface area contributed by atoms with E-state index >= 15 is 0 Å². The van der Waals surface area contributed by atoms with Gasteiger partial charge in [0.25, 0.3) is 5.56 Å². The highest BCUT2D eigenvalue weighted by Crippen LogP contribution is 2.23. The van der Waals surface area contributed by atoms with E-state index < -0.39 is 12.2 Å². The molecule has 1 aromatic heterocycles. The van der Waals surface area contributed by atoms with Gasteiger partial charge in [0, 0.05) is 12.0 Å². The van der Waals surface area contributed by atoms with E-state index in [9.17, 15) is 9.18 Å². The van der Waals surface area contributed by atoms with Crippen LogP contribution in [-0.2, 0) is 24.0 Å². The molecule has 0 unspecified atom stereocenters. The lowest BCUT2D eigenvalue weighted by Crippen LogP contribution is -2.38. The van der Waals surface area contributed by atoms with E-state index in [1.54, 1.807) is 0 Å². The molecule has 0 radical (unpaired) electrons.